The SMILES string of the molecule is COc1cc(Br)c(N2C(N)=NC(N)=NC23CCCCC3)cc1Cl. The van der Waals surface area contributed by atoms with E-state index in [0.29, 0.717) is 16.7 Å². The molecule has 0 atom stereocenters. The molecule has 0 saturated heterocycles. The smallest absolute Gasteiger partial charge is 0.220 e. The zero-order valence-electron chi connectivity index (χ0n) is 12.9. The number of nitrogens with two attached hydrogens (primary N) is 2. The Morgan fingerprint density at radius 3 is 2.61 bits per heavy atom. The van der Waals surface area contributed by atoms with E-state index in [2.05, 4.69) is 25.9 Å². The fourth-order valence-corrected chi connectivity index (χ4v) is 4.05. The summed E-state index contributed by atoms with van der Waals surface area (Å²) in [6.07, 6.45) is 5.08. The molecule has 1 aliphatic carbocycles. The summed E-state index contributed by atoms with van der Waals surface area (Å²) in [7, 11) is 1.58. The molecule has 0 aromatic heterocycles. The molecule has 1 aromatic rings. The van der Waals surface area contributed by atoms with Gasteiger partial charge in [-0.2, -0.15) is 4.99 Å². The predicted octanol–water partition coefficient (Wildman–Crippen LogP) is 3.22. The number of ether oxygens (including phenoxy) is 1. The molecule has 2 aliphatic rings. The third-order valence-corrected chi connectivity index (χ3v) is 5.24. The monoisotopic (exact) mass is 399 g/mol. The van der Waals surface area contributed by atoms with E-state index in [0.717, 1.165) is 35.8 Å². The Morgan fingerprint density at radius 1 is 1.26 bits per heavy atom. The van der Waals surface area contributed by atoms with Gasteiger partial charge in [-0.15, -0.1) is 0 Å². The quantitative estimate of drug-likeness (QED) is 0.797. The molecule has 124 valence electrons. The Labute approximate surface area is 148 Å². The van der Waals surface area contributed by atoms with Gasteiger partial charge in [0.1, 0.15) is 11.4 Å². The second-order valence-corrected chi connectivity index (χ2v) is 7.02. The molecule has 1 fully saturated rings. The third kappa shape index (κ3) is 2.87. The lowest BCUT2D eigenvalue weighted by Crippen LogP contribution is -2.58. The number of methoxy groups -OCH3 is 1. The van der Waals surface area contributed by atoms with Crippen molar-refractivity contribution >= 4 is 45.1 Å². The van der Waals surface area contributed by atoms with Gasteiger partial charge in [0, 0.05) is 4.47 Å². The van der Waals surface area contributed by atoms with E-state index in [-0.39, 0.29) is 5.96 Å². The van der Waals surface area contributed by atoms with Gasteiger partial charge in [0.2, 0.25) is 11.9 Å². The minimum Gasteiger partial charge on any atom is -0.495 e. The molecule has 1 heterocycles. The number of rotatable bonds is 2. The highest BCUT2D eigenvalue weighted by molar-refractivity contribution is 9.10. The normalized spacial score (nSPS) is 20.2. The van der Waals surface area contributed by atoms with Crippen molar-refractivity contribution in [1.82, 2.24) is 0 Å². The van der Waals surface area contributed by atoms with Gasteiger partial charge in [0.15, 0.2) is 0 Å². The number of hydrogen-bond acceptors (Lipinski definition) is 6. The van der Waals surface area contributed by atoms with E-state index in [1.54, 1.807) is 7.11 Å². The molecule has 1 aliphatic heterocycles. The van der Waals surface area contributed by atoms with Crippen LogP contribution in [-0.2, 0) is 0 Å². The van der Waals surface area contributed by atoms with Crippen LogP contribution in [0.5, 0.6) is 5.75 Å². The largest absolute Gasteiger partial charge is 0.495 e. The van der Waals surface area contributed by atoms with Crippen molar-refractivity contribution in [3.05, 3.63) is 21.6 Å². The second kappa shape index (κ2) is 6.20. The van der Waals surface area contributed by atoms with Gasteiger partial charge in [-0.1, -0.05) is 18.0 Å². The van der Waals surface area contributed by atoms with Gasteiger partial charge < -0.3 is 16.2 Å². The summed E-state index contributed by atoms with van der Waals surface area (Å²) in [4.78, 5) is 10.8. The maximum Gasteiger partial charge on any atom is 0.220 e. The summed E-state index contributed by atoms with van der Waals surface area (Å²) in [6.45, 7) is 0. The predicted molar refractivity (Wildman–Crippen MR) is 97.2 cm³/mol. The maximum atomic E-state index is 6.31. The van der Waals surface area contributed by atoms with E-state index in [9.17, 15) is 0 Å². The number of benzene rings is 1. The van der Waals surface area contributed by atoms with Crippen molar-refractivity contribution in [2.24, 2.45) is 21.5 Å². The number of nitrogens with zero attached hydrogens (tertiary/aromatic N) is 3. The fourth-order valence-electron chi connectivity index (χ4n) is 3.32. The van der Waals surface area contributed by atoms with Crippen LogP contribution < -0.4 is 21.1 Å². The summed E-state index contributed by atoms with van der Waals surface area (Å²) in [6, 6.07) is 3.64. The lowest BCUT2D eigenvalue weighted by Gasteiger charge is -2.46. The average molecular weight is 401 g/mol. The molecule has 4 N–H and O–H groups in total. The van der Waals surface area contributed by atoms with Crippen molar-refractivity contribution in [3.8, 4) is 5.75 Å². The molecule has 0 radical (unpaired) electrons. The van der Waals surface area contributed by atoms with Gasteiger partial charge in [-0.05, 0) is 53.7 Å². The van der Waals surface area contributed by atoms with Gasteiger partial charge in [0.25, 0.3) is 0 Å². The van der Waals surface area contributed by atoms with Gasteiger partial charge >= 0.3 is 0 Å². The molecule has 1 spiro atoms. The Balaban J connectivity index is 2.12. The van der Waals surface area contributed by atoms with E-state index < -0.39 is 5.66 Å². The summed E-state index contributed by atoms with van der Waals surface area (Å²) >= 11 is 9.89. The van der Waals surface area contributed by atoms with Gasteiger partial charge in [-0.3, -0.25) is 4.90 Å². The fraction of sp³-hybridized carbons (Fsp3) is 0.467. The van der Waals surface area contributed by atoms with Crippen molar-refractivity contribution in [2.75, 3.05) is 12.0 Å². The Bertz CT molecular complexity index is 685. The highest BCUT2D eigenvalue weighted by atomic mass is 79.9. The van der Waals surface area contributed by atoms with Crippen molar-refractivity contribution in [3.63, 3.8) is 0 Å². The van der Waals surface area contributed by atoms with Crippen LogP contribution in [0.3, 0.4) is 0 Å². The van der Waals surface area contributed by atoms with Gasteiger partial charge in [0.05, 0.1) is 17.8 Å². The van der Waals surface area contributed by atoms with Crippen molar-refractivity contribution < 1.29 is 4.74 Å². The lowest BCUT2D eigenvalue weighted by molar-refractivity contribution is 0.305. The molecular weight excluding hydrogens is 382 g/mol. The lowest BCUT2D eigenvalue weighted by atomic mass is 9.87. The number of halogens is 2. The van der Waals surface area contributed by atoms with Crippen LogP contribution in [0.2, 0.25) is 5.02 Å². The van der Waals surface area contributed by atoms with E-state index in [4.69, 9.17) is 27.8 Å². The molecule has 8 heteroatoms. The molecule has 6 nitrogen and oxygen atoms in total. The number of hydrogen-bond donors (Lipinski definition) is 2. The standard InChI is InChI=1S/C15H19BrClN5O/c1-23-12-7-9(16)11(8-10(12)17)22-14(19)20-13(18)21-15(22)5-3-2-4-6-15/h7-8H,2-6H2,1H3,(H4,18,19,20,21). The first-order valence-corrected chi connectivity index (χ1v) is 8.67. The molecule has 3 rings (SSSR count). The van der Waals surface area contributed by atoms with Crippen LogP contribution in [-0.4, -0.2) is 24.7 Å². The second-order valence-electron chi connectivity index (χ2n) is 5.76. The Hall–Kier alpha value is -1.47. The third-order valence-electron chi connectivity index (χ3n) is 4.31. The molecule has 1 saturated carbocycles. The molecule has 0 unspecified atom stereocenters. The highest BCUT2D eigenvalue weighted by Crippen LogP contribution is 2.44. The average Bonchev–Trinajstić information content (AvgIpc) is 2.50. The van der Waals surface area contributed by atoms with Crippen LogP contribution in [0.25, 0.3) is 0 Å². The summed E-state index contributed by atoms with van der Waals surface area (Å²) < 4.78 is 6.08. The van der Waals surface area contributed by atoms with Crippen molar-refractivity contribution in [2.45, 2.75) is 37.8 Å². The van der Waals surface area contributed by atoms with Gasteiger partial charge in [-0.25, -0.2) is 4.99 Å². The Morgan fingerprint density at radius 2 is 1.96 bits per heavy atom. The number of anilines is 1. The Kier molecular flexibility index (Phi) is 4.42. The van der Waals surface area contributed by atoms with E-state index in [1.165, 1.54) is 6.42 Å². The molecule has 1 aromatic carbocycles. The van der Waals surface area contributed by atoms with Crippen molar-refractivity contribution in [1.29, 1.82) is 0 Å². The summed E-state index contributed by atoms with van der Waals surface area (Å²) in [5, 5.41) is 0.506. The molecule has 0 amide bonds. The first-order chi connectivity index (χ1) is 11.0. The topological polar surface area (TPSA) is 89.2 Å². The first kappa shape index (κ1) is 16.4. The van der Waals surface area contributed by atoms with Crippen LogP contribution in [0.4, 0.5) is 5.69 Å². The first-order valence-electron chi connectivity index (χ1n) is 7.49. The minimum atomic E-state index is -0.491. The highest BCUT2D eigenvalue weighted by Gasteiger charge is 2.43. The summed E-state index contributed by atoms with van der Waals surface area (Å²) in [5.74, 6) is 1.16. The molecular formula is C15H19BrClN5O. The zero-order valence-corrected chi connectivity index (χ0v) is 15.2. The van der Waals surface area contributed by atoms with E-state index in [1.807, 2.05) is 17.0 Å². The number of aliphatic imine (C=N–C) groups is 2. The minimum absolute atomic E-state index is 0.233. The maximum absolute atomic E-state index is 6.31. The molecule has 0 bridgehead atoms. The number of guanidine groups is 2. The van der Waals surface area contributed by atoms with E-state index >= 15 is 0 Å². The van der Waals surface area contributed by atoms with Crippen LogP contribution >= 0.6 is 27.5 Å². The van der Waals surface area contributed by atoms with Crippen LogP contribution in [0, 0.1) is 0 Å². The molecule has 23 heavy (non-hydrogen) atoms. The van der Waals surface area contributed by atoms with Crippen LogP contribution in [0.15, 0.2) is 26.6 Å². The summed E-state index contributed by atoms with van der Waals surface area (Å²) in [5.41, 5.74) is 12.4. The van der Waals surface area contributed by atoms with Crippen LogP contribution in [0.1, 0.15) is 32.1 Å². The zero-order chi connectivity index (χ0) is 16.6.